The summed E-state index contributed by atoms with van der Waals surface area (Å²) in [5.41, 5.74) is 0.0870. The average molecular weight is 251 g/mol. The van der Waals surface area contributed by atoms with Crippen LogP contribution in [-0.4, -0.2) is 25.5 Å². The van der Waals surface area contributed by atoms with E-state index in [9.17, 15) is 14.0 Å². The molecule has 0 aliphatic rings. The molecule has 2 amide bonds. The lowest BCUT2D eigenvalue weighted by atomic mass is 10.3. The molecule has 0 aromatic heterocycles. The van der Waals surface area contributed by atoms with Crippen LogP contribution in [0.2, 0.25) is 0 Å². The van der Waals surface area contributed by atoms with E-state index in [4.69, 9.17) is 10.00 Å². The van der Waals surface area contributed by atoms with E-state index < -0.39 is 17.6 Å². The Labute approximate surface area is 102 Å². The molecule has 0 aliphatic heterocycles. The second kappa shape index (κ2) is 6.20. The Hall–Kier alpha value is -2.62. The van der Waals surface area contributed by atoms with Crippen LogP contribution in [-0.2, 0) is 9.59 Å². The summed E-state index contributed by atoms with van der Waals surface area (Å²) in [7, 11) is 1.35. The van der Waals surface area contributed by atoms with Crippen molar-refractivity contribution in [2.75, 3.05) is 19.0 Å². The molecule has 94 valence electrons. The second-order valence-corrected chi connectivity index (χ2v) is 3.17. The van der Waals surface area contributed by atoms with Crippen molar-refractivity contribution in [1.29, 1.82) is 5.26 Å². The number of ether oxygens (including phenoxy) is 1. The molecule has 1 rings (SSSR count). The number of amides is 2. The van der Waals surface area contributed by atoms with Crippen molar-refractivity contribution >= 4 is 17.5 Å². The summed E-state index contributed by atoms with van der Waals surface area (Å²) in [6, 6.07) is 5.18. The molecule has 0 bridgehead atoms. The number of anilines is 1. The molecule has 0 heterocycles. The third kappa shape index (κ3) is 3.75. The number of benzene rings is 1. The van der Waals surface area contributed by atoms with Gasteiger partial charge in [0.1, 0.15) is 18.1 Å². The molecule has 0 saturated carbocycles. The normalized spacial score (nSPS) is 9.17. The van der Waals surface area contributed by atoms with Crippen LogP contribution >= 0.6 is 0 Å². The van der Waals surface area contributed by atoms with Crippen LogP contribution in [0.1, 0.15) is 0 Å². The highest BCUT2D eigenvalue weighted by atomic mass is 19.1. The number of rotatable bonds is 3. The van der Waals surface area contributed by atoms with Crippen molar-refractivity contribution in [2.24, 2.45) is 0 Å². The second-order valence-electron chi connectivity index (χ2n) is 3.17. The highest BCUT2D eigenvalue weighted by molar-refractivity contribution is 6.39. The number of nitrogens with one attached hydrogen (secondary N) is 2. The topological polar surface area (TPSA) is 91.2 Å². The third-order valence-electron chi connectivity index (χ3n) is 1.90. The predicted molar refractivity (Wildman–Crippen MR) is 60.2 cm³/mol. The van der Waals surface area contributed by atoms with E-state index in [1.54, 1.807) is 6.07 Å². The molecule has 2 N–H and O–H groups in total. The summed E-state index contributed by atoms with van der Waals surface area (Å²) in [4.78, 5) is 22.5. The molecule has 0 fully saturated rings. The molecule has 1 aromatic rings. The summed E-state index contributed by atoms with van der Waals surface area (Å²) in [6.45, 7) is -0.279. The van der Waals surface area contributed by atoms with E-state index in [-0.39, 0.29) is 18.0 Å². The molecule has 0 atom stereocenters. The molecule has 0 spiro atoms. The van der Waals surface area contributed by atoms with Crippen LogP contribution in [0.4, 0.5) is 10.1 Å². The lowest BCUT2D eigenvalue weighted by molar-refractivity contribution is -0.136. The van der Waals surface area contributed by atoms with Gasteiger partial charge in [0.25, 0.3) is 0 Å². The maximum Gasteiger partial charge on any atom is 0.313 e. The summed E-state index contributed by atoms with van der Waals surface area (Å²) >= 11 is 0. The average Bonchev–Trinajstić information content (AvgIpc) is 2.34. The van der Waals surface area contributed by atoms with Gasteiger partial charge >= 0.3 is 11.8 Å². The maximum absolute atomic E-state index is 13.1. The van der Waals surface area contributed by atoms with Crippen molar-refractivity contribution in [1.82, 2.24) is 5.32 Å². The summed E-state index contributed by atoms with van der Waals surface area (Å²) in [6.07, 6.45) is 0. The number of nitrogens with zero attached hydrogens (tertiary/aromatic N) is 1. The molecule has 18 heavy (non-hydrogen) atoms. The number of methoxy groups -OCH3 is 1. The van der Waals surface area contributed by atoms with Gasteiger partial charge in [0, 0.05) is 17.8 Å². The van der Waals surface area contributed by atoms with Gasteiger partial charge in [-0.3, -0.25) is 9.59 Å². The monoisotopic (exact) mass is 251 g/mol. The summed E-state index contributed by atoms with van der Waals surface area (Å²) in [5.74, 6) is -2.36. The lowest BCUT2D eigenvalue weighted by Crippen LogP contribution is -2.35. The van der Waals surface area contributed by atoms with Gasteiger partial charge in [-0.05, 0) is 6.07 Å². The number of halogens is 1. The molecule has 0 saturated heterocycles. The van der Waals surface area contributed by atoms with Gasteiger partial charge in [0.05, 0.1) is 13.2 Å². The van der Waals surface area contributed by atoms with E-state index in [1.807, 2.05) is 0 Å². The van der Waals surface area contributed by atoms with E-state index in [0.717, 1.165) is 12.1 Å². The van der Waals surface area contributed by atoms with Crippen LogP contribution < -0.4 is 15.4 Å². The van der Waals surface area contributed by atoms with Crippen LogP contribution in [0.3, 0.4) is 0 Å². The van der Waals surface area contributed by atoms with Gasteiger partial charge in [-0.1, -0.05) is 0 Å². The van der Waals surface area contributed by atoms with Crippen LogP contribution in [0, 0.1) is 17.1 Å². The number of nitriles is 1. The summed E-state index contributed by atoms with van der Waals surface area (Å²) < 4.78 is 17.9. The minimum atomic E-state index is -0.988. The van der Waals surface area contributed by atoms with E-state index in [1.165, 1.54) is 13.2 Å². The van der Waals surface area contributed by atoms with E-state index in [2.05, 4.69) is 10.6 Å². The summed E-state index contributed by atoms with van der Waals surface area (Å²) in [5, 5.41) is 12.5. The number of carbonyl (C=O) groups excluding carboxylic acids is 2. The molecule has 0 aliphatic carbocycles. The molecular formula is C11H10FN3O3. The van der Waals surface area contributed by atoms with Gasteiger partial charge in [-0.15, -0.1) is 0 Å². The van der Waals surface area contributed by atoms with Gasteiger partial charge in [-0.25, -0.2) is 4.39 Å². The zero-order chi connectivity index (χ0) is 13.5. The molecule has 7 heteroatoms. The minimum Gasteiger partial charge on any atom is -0.497 e. The van der Waals surface area contributed by atoms with E-state index >= 15 is 0 Å². The zero-order valence-corrected chi connectivity index (χ0v) is 9.49. The Morgan fingerprint density at radius 1 is 1.39 bits per heavy atom. The zero-order valence-electron chi connectivity index (χ0n) is 9.49. The standard InChI is InChI=1S/C11H10FN3O3/c1-18-9-5-7(12)4-8(6-9)15-11(17)10(16)14-3-2-13/h4-6H,3H2,1H3,(H,14,16)(H,15,17). The van der Waals surface area contributed by atoms with Crippen molar-refractivity contribution in [3.8, 4) is 11.8 Å². The fourth-order valence-electron chi connectivity index (χ4n) is 1.14. The molecule has 1 aromatic carbocycles. The molecule has 6 nitrogen and oxygen atoms in total. The van der Waals surface area contributed by atoms with Crippen molar-refractivity contribution < 1.29 is 18.7 Å². The van der Waals surface area contributed by atoms with Gasteiger partial charge < -0.3 is 15.4 Å². The fourth-order valence-corrected chi connectivity index (χ4v) is 1.14. The Balaban J connectivity index is 2.73. The smallest absolute Gasteiger partial charge is 0.313 e. The van der Waals surface area contributed by atoms with Crippen molar-refractivity contribution in [3.05, 3.63) is 24.0 Å². The quantitative estimate of drug-likeness (QED) is 0.601. The fraction of sp³-hybridized carbons (Fsp3) is 0.182. The van der Waals surface area contributed by atoms with Crippen LogP contribution in [0.5, 0.6) is 5.75 Å². The van der Waals surface area contributed by atoms with Crippen molar-refractivity contribution in [2.45, 2.75) is 0 Å². The number of carbonyl (C=O) groups is 2. The Morgan fingerprint density at radius 3 is 2.72 bits per heavy atom. The Morgan fingerprint density at radius 2 is 2.11 bits per heavy atom. The van der Waals surface area contributed by atoms with Gasteiger partial charge in [-0.2, -0.15) is 5.26 Å². The Kier molecular flexibility index (Phi) is 4.63. The number of hydrogen-bond acceptors (Lipinski definition) is 4. The molecule has 0 radical (unpaired) electrons. The SMILES string of the molecule is COc1cc(F)cc(NC(=O)C(=O)NCC#N)c1. The highest BCUT2D eigenvalue weighted by Crippen LogP contribution is 2.19. The van der Waals surface area contributed by atoms with Gasteiger partial charge in [0.15, 0.2) is 0 Å². The molecular weight excluding hydrogens is 241 g/mol. The Bertz CT molecular complexity index is 511. The first kappa shape index (κ1) is 13.4. The predicted octanol–water partition coefficient (Wildman–Crippen LogP) is 0.413. The van der Waals surface area contributed by atoms with E-state index in [0.29, 0.717) is 0 Å². The number of hydrogen-bond donors (Lipinski definition) is 2. The van der Waals surface area contributed by atoms with Crippen LogP contribution in [0.15, 0.2) is 18.2 Å². The molecule has 0 unspecified atom stereocenters. The first-order valence-corrected chi connectivity index (χ1v) is 4.87. The first-order chi connectivity index (χ1) is 8.56. The minimum absolute atomic E-state index is 0.0870. The third-order valence-corrected chi connectivity index (χ3v) is 1.90. The lowest BCUT2D eigenvalue weighted by Gasteiger charge is -2.07. The first-order valence-electron chi connectivity index (χ1n) is 4.87. The largest absolute Gasteiger partial charge is 0.497 e. The highest BCUT2D eigenvalue weighted by Gasteiger charge is 2.13. The maximum atomic E-state index is 13.1. The van der Waals surface area contributed by atoms with Crippen LogP contribution in [0.25, 0.3) is 0 Å². The van der Waals surface area contributed by atoms with Gasteiger partial charge in [0.2, 0.25) is 0 Å². The van der Waals surface area contributed by atoms with Crippen molar-refractivity contribution in [3.63, 3.8) is 0 Å².